The van der Waals surface area contributed by atoms with Gasteiger partial charge in [-0.15, -0.1) is 35.3 Å². The number of carbonyl (C=O) groups excluding carboxylic acids is 19. The van der Waals surface area contributed by atoms with Crippen LogP contribution in [0.15, 0.2) is 24.3 Å². The number of ether oxygens (including phenoxy) is 1. The van der Waals surface area contributed by atoms with Crippen LogP contribution in [0.5, 0.6) is 5.75 Å². The maximum atomic E-state index is 14.2. The highest BCUT2D eigenvalue weighted by Crippen LogP contribution is 2.29. The van der Waals surface area contributed by atoms with Crippen molar-refractivity contribution in [1.82, 2.24) is 67.9 Å². The first-order chi connectivity index (χ1) is 52.8. The highest BCUT2D eigenvalue weighted by Gasteiger charge is 2.43. The average molecular weight is 1620 g/mol. The van der Waals surface area contributed by atoms with E-state index in [1.54, 1.807) is 24.3 Å². The lowest BCUT2D eigenvalue weighted by atomic mass is 10.1. The standard InChI is InChI=1S/C67H103N19O22S3/c1-37(89)79-44(32-78-52(92)17-25-86-57(97)30-49(67(86)107)111-36-46(60(73)100)83-62(102)41(70)9-3-6-20-75-53(93)18-26-87)64(104)80-42(10-4-7-21-74-50(90)15-23-84-55(95)28-47(65(84)105)109-27-22-76-54(94)34-108-39-13-11-38(33-88)12-14-39)63(103)81-43(58(71)98)31-77-51(91)16-24-85-56(96)29-48(66(85)106)110-35-45(59(72)99)82-61(101)40(69)8-2-5-19-68/h11-14,40-49,87-88H,2-10,15-36,68-70H2,1H3,(H2,71,98)(H2,72,99)(H2,73,100)(H,74,90)(H,75,93)(H,76,94)(H,77,91)(H,78,92)(H,79,89)(H,80,104)(H,81,103)(H,82,101)(H,83,102). The largest absolute Gasteiger partial charge is 0.484 e. The summed E-state index contributed by atoms with van der Waals surface area (Å²) in [6.45, 7) is -1.39. The molecule has 3 aliphatic rings. The molecule has 10 unspecified atom stereocenters. The monoisotopic (exact) mass is 1620 g/mol. The molecule has 0 aromatic heterocycles. The first-order valence-corrected chi connectivity index (χ1v) is 39.1. The van der Waals surface area contributed by atoms with Gasteiger partial charge < -0.3 is 103 Å². The predicted molar refractivity (Wildman–Crippen MR) is 401 cm³/mol. The van der Waals surface area contributed by atoms with E-state index in [-0.39, 0.29) is 133 Å². The van der Waals surface area contributed by atoms with E-state index in [9.17, 15) is 96.2 Å². The number of nitrogens with zero attached hydrogens (tertiary/aromatic N) is 3. The molecule has 3 aliphatic heterocycles. The number of thioether (sulfide) groups is 3. The number of hydrogen-bond donors (Lipinski definition) is 18. The molecule has 0 aliphatic carbocycles. The Hall–Kier alpha value is -9.60. The molecular weight excluding hydrogens is 1520 g/mol. The van der Waals surface area contributed by atoms with Crippen molar-refractivity contribution in [2.45, 2.75) is 174 Å². The van der Waals surface area contributed by atoms with Crippen LogP contribution in [0.3, 0.4) is 0 Å². The second-order valence-corrected chi connectivity index (χ2v) is 29.7. The summed E-state index contributed by atoms with van der Waals surface area (Å²) in [5, 5.41) is 40.1. The van der Waals surface area contributed by atoms with Crippen LogP contribution < -0.4 is 92.3 Å². The Morgan fingerprint density at radius 1 is 0.468 bits per heavy atom. The van der Waals surface area contributed by atoms with Crippen molar-refractivity contribution < 1.29 is 106 Å². The molecule has 24 N–H and O–H groups in total. The number of likely N-dealkylation sites (tertiary alicyclic amines) is 3. The minimum Gasteiger partial charge on any atom is -0.484 e. The van der Waals surface area contributed by atoms with Crippen LogP contribution in [0.25, 0.3) is 0 Å². The average Bonchev–Trinajstić information content (AvgIpc) is 1.71. The number of hydrogen-bond acceptors (Lipinski definition) is 28. The second-order valence-electron chi connectivity index (χ2n) is 25.9. The molecule has 0 bridgehead atoms. The maximum absolute atomic E-state index is 14.2. The second kappa shape index (κ2) is 49.6. The van der Waals surface area contributed by atoms with Gasteiger partial charge in [0, 0.05) is 121 Å². The van der Waals surface area contributed by atoms with Gasteiger partial charge in [-0.05, 0) is 75.6 Å². The fourth-order valence-corrected chi connectivity index (χ4v) is 14.4. The van der Waals surface area contributed by atoms with Gasteiger partial charge in [-0.3, -0.25) is 106 Å². The van der Waals surface area contributed by atoms with Gasteiger partial charge in [0.15, 0.2) is 6.61 Å². The molecule has 10 atom stereocenters. The number of primary amides is 3. The minimum atomic E-state index is -1.69. The number of carbonyl (C=O) groups is 19. The summed E-state index contributed by atoms with van der Waals surface area (Å²) in [7, 11) is 0. The molecule has 41 nitrogen and oxygen atoms in total. The third-order valence-corrected chi connectivity index (χ3v) is 21.0. The molecule has 0 radical (unpaired) electrons. The summed E-state index contributed by atoms with van der Waals surface area (Å²) >= 11 is 2.88. The summed E-state index contributed by atoms with van der Waals surface area (Å²) < 4.78 is 5.44. The molecule has 1 aromatic carbocycles. The zero-order valence-corrected chi connectivity index (χ0v) is 64.0. The van der Waals surface area contributed by atoms with E-state index in [0.29, 0.717) is 43.5 Å². The molecule has 19 amide bonds. The van der Waals surface area contributed by atoms with Crippen LogP contribution in [0.1, 0.15) is 115 Å². The summed E-state index contributed by atoms with van der Waals surface area (Å²) in [6, 6.07) is -2.99. The van der Waals surface area contributed by atoms with Crippen molar-refractivity contribution in [2.75, 3.05) is 89.4 Å². The number of benzene rings is 1. The third kappa shape index (κ3) is 33.9. The van der Waals surface area contributed by atoms with E-state index in [1.165, 1.54) is 0 Å². The van der Waals surface area contributed by atoms with E-state index < -0.39 is 203 Å². The number of amides is 19. The fourth-order valence-electron chi connectivity index (χ4n) is 10.9. The van der Waals surface area contributed by atoms with E-state index in [1.807, 2.05) is 0 Å². The number of unbranched alkanes of at least 4 members (excludes halogenated alkanes) is 3. The van der Waals surface area contributed by atoms with Crippen LogP contribution in [-0.2, 0) is 97.7 Å². The van der Waals surface area contributed by atoms with E-state index >= 15 is 0 Å². The predicted octanol–water partition coefficient (Wildman–Crippen LogP) is -8.70. The minimum absolute atomic E-state index is 0.0383. The van der Waals surface area contributed by atoms with Gasteiger partial charge in [0.25, 0.3) is 5.91 Å². The molecule has 0 spiro atoms. The first-order valence-electron chi connectivity index (χ1n) is 36.0. The summed E-state index contributed by atoms with van der Waals surface area (Å²) in [5.41, 5.74) is 34.8. The van der Waals surface area contributed by atoms with Crippen LogP contribution in [0, 0.1) is 0 Å². The fraction of sp³-hybridized carbons (Fsp3) is 0.627. The van der Waals surface area contributed by atoms with Crippen LogP contribution in [0.2, 0.25) is 0 Å². The van der Waals surface area contributed by atoms with Crippen molar-refractivity contribution in [3.8, 4) is 5.75 Å². The Bertz CT molecular complexity index is 3470. The number of nitrogens with one attached hydrogen (secondary N) is 10. The highest BCUT2D eigenvalue weighted by molar-refractivity contribution is 8.01. The summed E-state index contributed by atoms with van der Waals surface area (Å²) in [4.78, 5) is 249. The topological polar surface area (TPSA) is 660 Å². The van der Waals surface area contributed by atoms with Gasteiger partial charge in [-0.25, -0.2) is 0 Å². The zero-order valence-electron chi connectivity index (χ0n) is 61.6. The lowest BCUT2D eigenvalue weighted by Crippen LogP contribution is -2.59. The van der Waals surface area contributed by atoms with Crippen molar-refractivity contribution in [3.05, 3.63) is 29.8 Å². The number of aliphatic hydroxyl groups excluding tert-OH is 2. The number of imide groups is 3. The Morgan fingerprint density at radius 2 is 0.865 bits per heavy atom. The summed E-state index contributed by atoms with van der Waals surface area (Å²) in [6.07, 6.45) is 0.244. The Labute approximate surface area is 652 Å². The van der Waals surface area contributed by atoms with Gasteiger partial charge in [0.2, 0.25) is 106 Å². The molecule has 3 fully saturated rings. The van der Waals surface area contributed by atoms with Crippen molar-refractivity contribution in [2.24, 2.45) is 34.4 Å². The molecule has 0 saturated carbocycles. The SMILES string of the molecule is CC(=O)NC(CNC(=O)CCN1C(=O)CC(SCC(NC(=O)C(N)CCCCNC(=O)CCO)C(N)=O)C1=O)C(=O)NC(CCCCNC(=O)CCN1C(=O)CC(SCCNC(=O)COc2ccc(CO)cc2)C1=O)C(=O)NC(CNC(=O)CCN1C(=O)CC(SCC(NC(=O)C(N)CCCCN)C(N)=O)C1=O)C(N)=O. The molecular formula is C67H103N19O22S3. The van der Waals surface area contributed by atoms with Gasteiger partial charge in [0.1, 0.15) is 36.0 Å². The van der Waals surface area contributed by atoms with E-state index in [4.69, 9.17) is 44.2 Å². The lowest BCUT2D eigenvalue weighted by molar-refractivity contribution is -0.140. The Morgan fingerprint density at radius 3 is 1.31 bits per heavy atom. The highest BCUT2D eigenvalue weighted by atomic mass is 32.2. The molecule has 3 saturated heterocycles. The van der Waals surface area contributed by atoms with E-state index in [0.717, 1.165) is 56.9 Å². The number of nitrogens with two attached hydrogens (primary N) is 6. The zero-order chi connectivity index (χ0) is 82.3. The van der Waals surface area contributed by atoms with Crippen LogP contribution in [-0.4, -0.2) is 285 Å². The van der Waals surface area contributed by atoms with Gasteiger partial charge >= 0.3 is 0 Å². The quantitative estimate of drug-likeness (QED) is 0.0213. The third-order valence-electron chi connectivity index (χ3n) is 17.2. The number of aliphatic hydroxyl groups is 2. The van der Waals surface area contributed by atoms with Crippen LogP contribution in [0.4, 0.5) is 0 Å². The lowest BCUT2D eigenvalue weighted by Gasteiger charge is -2.25. The Kier molecular flexibility index (Phi) is 41.9. The normalized spacial score (nSPS) is 17.3. The van der Waals surface area contributed by atoms with Gasteiger partial charge in [0.05, 0.1) is 41.0 Å². The van der Waals surface area contributed by atoms with Gasteiger partial charge in [-0.2, -0.15) is 0 Å². The molecule has 4 rings (SSSR count). The number of rotatable bonds is 55. The van der Waals surface area contributed by atoms with Crippen molar-refractivity contribution >= 4 is 148 Å². The first kappa shape index (κ1) is 93.8. The maximum Gasteiger partial charge on any atom is 0.257 e. The molecule has 44 heteroatoms. The molecule has 616 valence electrons. The molecule has 1 aromatic rings. The molecule has 3 heterocycles. The van der Waals surface area contributed by atoms with Gasteiger partial charge in [-0.1, -0.05) is 18.6 Å². The Balaban J connectivity index is 1.34. The smallest absolute Gasteiger partial charge is 0.257 e. The molecule has 111 heavy (non-hydrogen) atoms. The van der Waals surface area contributed by atoms with Crippen molar-refractivity contribution in [1.29, 1.82) is 0 Å². The van der Waals surface area contributed by atoms with E-state index in [2.05, 4.69) is 53.2 Å². The van der Waals surface area contributed by atoms with Crippen molar-refractivity contribution in [3.63, 3.8) is 0 Å². The van der Waals surface area contributed by atoms with Crippen LogP contribution >= 0.6 is 35.3 Å². The summed E-state index contributed by atoms with van der Waals surface area (Å²) in [5.74, 6) is -13.9.